The number of hydrogen-bond acceptors (Lipinski definition) is 3. The Morgan fingerprint density at radius 1 is 1.13 bits per heavy atom. The first-order valence-corrected chi connectivity index (χ1v) is 11.8. The molecule has 3 aromatic rings. The number of fused-ring (bicyclic) bond motifs is 1. The van der Waals surface area contributed by atoms with Crippen LogP contribution in [0.1, 0.15) is 38.2 Å². The number of hydrogen-bond donors (Lipinski definition) is 3. The summed E-state index contributed by atoms with van der Waals surface area (Å²) in [5, 5.41) is 10.3. The van der Waals surface area contributed by atoms with Crippen LogP contribution in [0.25, 0.3) is 22.2 Å². The second-order valence-corrected chi connectivity index (χ2v) is 9.34. The Hall–Kier alpha value is -2.35. The van der Waals surface area contributed by atoms with Crippen molar-refractivity contribution in [3.05, 3.63) is 53.1 Å². The first-order valence-electron chi connectivity index (χ1n) is 9.94. The number of aromatic amines is 1. The second kappa shape index (κ2) is 9.64. The number of carboxylic acids is 1. The fraction of sp³-hybridized carbons (Fsp3) is 0.318. The Labute approximate surface area is 181 Å². The third kappa shape index (κ3) is 5.03. The van der Waals surface area contributed by atoms with Crippen LogP contribution in [0, 0.1) is 0 Å². The highest BCUT2D eigenvalue weighted by Gasteiger charge is 2.21. The van der Waals surface area contributed by atoms with Gasteiger partial charge in [-0.25, -0.2) is 13.1 Å². The van der Waals surface area contributed by atoms with Gasteiger partial charge in [-0.1, -0.05) is 62.1 Å². The number of sulfonamides is 1. The number of unbranched alkanes of at least 4 members (excludes halogenated alkanes) is 3. The van der Waals surface area contributed by atoms with E-state index in [1.807, 2.05) is 24.3 Å². The molecule has 160 valence electrons. The van der Waals surface area contributed by atoms with Gasteiger partial charge < -0.3 is 10.1 Å². The van der Waals surface area contributed by atoms with E-state index in [4.69, 9.17) is 11.6 Å². The summed E-state index contributed by atoms with van der Waals surface area (Å²) in [7, 11) is -3.79. The summed E-state index contributed by atoms with van der Waals surface area (Å²) in [6.45, 7) is 2.44. The Morgan fingerprint density at radius 3 is 2.63 bits per heavy atom. The van der Waals surface area contributed by atoms with E-state index in [9.17, 15) is 18.3 Å². The van der Waals surface area contributed by atoms with E-state index in [0.29, 0.717) is 23.4 Å². The molecule has 0 spiro atoms. The zero-order valence-electron chi connectivity index (χ0n) is 16.7. The highest BCUT2D eigenvalue weighted by Crippen LogP contribution is 2.34. The molecule has 0 amide bonds. The van der Waals surface area contributed by atoms with E-state index >= 15 is 0 Å². The van der Waals surface area contributed by atoms with Crippen LogP contribution in [0.2, 0.25) is 5.02 Å². The fourth-order valence-electron chi connectivity index (χ4n) is 3.48. The summed E-state index contributed by atoms with van der Waals surface area (Å²) < 4.78 is 28.2. The largest absolute Gasteiger partial charge is 0.481 e. The Balaban J connectivity index is 1.98. The number of nitrogens with one attached hydrogen (secondary N) is 2. The number of rotatable bonds is 10. The standard InChI is InChI=1S/C22H25ClN2O4S/c1-2-3-4-7-12-24-30(28,29)20-13-15(10-11-18(20)23)22-17(14-21(26)27)16-8-5-6-9-19(16)25-22/h5-6,8-11,13,24-25H,2-4,7,12,14H2,1H3,(H,26,27). The van der Waals surface area contributed by atoms with Crippen LogP contribution in [0.15, 0.2) is 47.4 Å². The Bertz CT molecular complexity index is 1160. The van der Waals surface area contributed by atoms with Crippen molar-refractivity contribution >= 4 is 38.5 Å². The van der Waals surface area contributed by atoms with Crippen LogP contribution in [0.4, 0.5) is 0 Å². The summed E-state index contributed by atoms with van der Waals surface area (Å²) in [6.07, 6.45) is 3.67. The number of H-pyrrole nitrogens is 1. The maximum absolute atomic E-state index is 12.8. The van der Waals surface area contributed by atoms with Crippen molar-refractivity contribution in [3.8, 4) is 11.3 Å². The normalized spacial score (nSPS) is 11.8. The maximum Gasteiger partial charge on any atom is 0.307 e. The lowest BCUT2D eigenvalue weighted by atomic mass is 10.0. The van der Waals surface area contributed by atoms with Gasteiger partial charge in [-0.05, 0) is 35.7 Å². The first-order chi connectivity index (χ1) is 14.3. The monoisotopic (exact) mass is 448 g/mol. The highest BCUT2D eigenvalue weighted by atomic mass is 35.5. The molecule has 0 saturated heterocycles. The molecule has 0 aliphatic heterocycles. The van der Waals surface area contributed by atoms with Gasteiger partial charge in [-0.15, -0.1) is 0 Å². The van der Waals surface area contributed by atoms with Crippen LogP contribution in [-0.4, -0.2) is 31.0 Å². The molecule has 0 fully saturated rings. The molecule has 0 unspecified atom stereocenters. The summed E-state index contributed by atoms with van der Waals surface area (Å²) in [6, 6.07) is 12.1. The van der Waals surface area contributed by atoms with Gasteiger partial charge in [0.25, 0.3) is 0 Å². The number of halogens is 1. The average Bonchev–Trinajstić information content (AvgIpc) is 3.06. The van der Waals surface area contributed by atoms with E-state index < -0.39 is 16.0 Å². The van der Waals surface area contributed by atoms with E-state index in [-0.39, 0.29) is 16.3 Å². The predicted molar refractivity (Wildman–Crippen MR) is 119 cm³/mol. The zero-order chi connectivity index (χ0) is 21.7. The van der Waals surface area contributed by atoms with Crippen LogP contribution >= 0.6 is 11.6 Å². The van der Waals surface area contributed by atoms with Crippen LogP contribution in [0.3, 0.4) is 0 Å². The lowest BCUT2D eigenvalue weighted by Crippen LogP contribution is -2.25. The SMILES string of the molecule is CCCCCCNS(=O)(=O)c1cc(-c2[nH]c3ccccc3c2CC(=O)O)ccc1Cl. The minimum absolute atomic E-state index is 0.0166. The van der Waals surface area contributed by atoms with Gasteiger partial charge in [-0.2, -0.15) is 0 Å². The van der Waals surface area contributed by atoms with Gasteiger partial charge in [0.15, 0.2) is 0 Å². The third-order valence-electron chi connectivity index (χ3n) is 4.97. The van der Waals surface area contributed by atoms with Crippen LogP contribution in [-0.2, 0) is 21.2 Å². The van der Waals surface area contributed by atoms with E-state index in [0.717, 1.165) is 36.6 Å². The zero-order valence-corrected chi connectivity index (χ0v) is 18.3. The molecule has 30 heavy (non-hydrogen) atoms. The summed E-state index contributed by atoms with van der Waals surface area (Å²) in [4.78, 5) is 14.6. The van der Waals surface area contributed by atoms with Crippen molar-refractivity contribution in [1.29, 1.82) is 0 Å². The van der Waals surface area contributed by atoms with Crippen molar-refractivity contribution in [2.45, 2.75) is 43.9 Å². The van der Waals surface area contributed by atoms with Gasteiger partial charge in [-0.3, -0.25) is 4.79 Å². The molecule has 8 heteroatoms. The molecular weight excluding hydrogens is 424 g/mol. The number of para-hydroxylation sites is 1. The number of aromatic nitrogens is 1. The number of carbonyl (C=O) groups is 1. The lowest BCUT2D eigenvalue weighted by Gasteiger charge is -2.11. The van der Waals surface area contributed by atoms with Crippen LogP contribution in [0.5, 0.6) is 0 Å². The molecule has 0 atom stereocenters. The third-order valence-corrected chi connectivity index (χ3v) is 6.92. The molecule has 0 radical (unpaired) electrons. The number of benzene rings is 2. The predicted octanol–water partition coefficient (Wildman–Crippen LogP) is 4.97. The van der Waals surface area contributed by atoms with Crippen molar-refractivity contribution in [3.63, 3.8) is 0 Å². The summed E-state index contributed by atoms with van der Waals surface area (Å²) >= 11 is 6.21. The Kier molecular flexibility index (Phi) is 7.18. The highest BCUT2D eigenvalue weighted by molar-refractivity contribution is 7.89. The van der Waals surface area contributed by atoms with Crippen molar-refractivity contribution in [2.75, 3.05) is 6.54 Å². The molecular formula is C22H25ClN2O4S. The number of carboxylic acid groups (broad SMARTS) is 1. The fourth-order valence-corrected chi connectivity index (χ4v) is 5.08. The first kappa shape index (κ1) is 22.3. The molecule has 6 nitrogen and oxygen atoms in total. The van der Waals surface area contributed by atoms with Crippen molar-refractivity contribution in [2.24, 2.45) is 0 Å². The molecule has 0 aliphatic carbocycles. The smallest absolute Gasteiger partial charge is 0.307 e. The van der Waals surface area contributed by atoms with Crippen molar-refractivity contribution in [1.82, 2.24) is 9.71 Å². The van der Waals surface area contributed by atoms with Gasteiger partial charge in [0.2, 0.25) is 10.0 Å². The molecule has 3 N–H and O–H groups in total. The van der Waals surface area contributed by atoms with Gasteiger partial charge in [0.1, 0.15) is 4.90 Å². The molecule has 0 bridgehead atoms. The molecule has 0 aliphatic rings. The quantitative estimate of drug-likeness (QED) is 0.381. The lowest BCUT2D eigenvalue weighted by molar-refractivity contribution is -0.136. The van der Waals surface area contributed by atoms with Gasteiger partial charge in [0, 0.05) is 17.4 Å². The van der Waals surface area contributed by atoms with E-state index in [2.05, 4.69) is 16.6 Å². The maximum atomic E-state index is 12.8. The molecule has 3 rings (SSSR count). The topological polar surface area (TPSA) is 99.3 Å². The second-order valence-electron chi connectivity index (χ2n) is 7.20. The average molecular weight is 449 g/mol. The minimum Gasteiger partial charge on any atom is -0.481 e. The molecule has 0 saturated carbocycles. The van der Waals surface area contributed by atoms with E-state index in [1.165, 1.54) is 12.1 Å². The molecule has 2 aromatic carbocycles. The van der Waals surface area contributed by atoms with Crippen molar-refractivity contribution < 1.29 is 18.3 Å². The van der Waals surface area contributed by atoms with Gasteiger partial charge in [0.05, 0.1) is 17.1 Å². The molecule has 1 aromatic heterocycles. The van der Waals surface area contributed by atoms with Gasteiger partial charge >= 0.3 is 5.97 Å². The number of aliphatic carboxylic acids is 1. The summed E-state index contributed by atoms with van der Waals surface area (Å²) in [5.74, 6) is -0.962. The molecule has 1 heterocycles. The van der Waals surface area contributed by atoms with Crippen LogP contribution < -0.4 is 4.72 Å². The van der Waals surface area contributed by atoms with E-state index in [1.54, 1.807) is 6.07 Å². The summed E-state index contributed by atoms with van der Waals surface area (Å²) in [5.41, 5.74) is 2.54. The Morgan fingerprint density at radius 2 is 1.90 bits per heavy atom. The minimum atomic E-state index is -3.79.